The number of benzene rings is 7. The monoisotopic (exact) mass is 794 g/mol. The first-order valence-electron chi connectivity index (χ1n) is 20.9. The molecular weight excluding hydrogens is 749 g/mol. The summed E-state index contributed by atoms with van der Waals surface area (Å²) in [5.41, 5.74) is 16.3. The number of aromatic nitrogens is 2. The lowest BCUT2D eigenvalue weighted by atomic mass is 9.82. The Morgan fingerprint density at radius 2 is 1.28 bits per heavy atom. The largest absolute Gasteiger partial charge is 0.321 e. The van der Waals surface area contributed by atoms with Crippen LogP contribution in [0, 0.1) is 0 Å². The smallest absolute Gasteiger partial charge is 0.137 e. The van der Waals surface area contributed by atoms with Gasteiger partial charge in [-0.1, -0.05) is 156 Å². The van der Waals surface area contributed by atoms with Gasteiger partial charge in [0, 0.05) is 49.0 Å². The van der Waals surface area contributed by atoms with Crippen LogP contribution in [0.15, 0.2) is 186 Å². The van der Waals surface area contributed by atoms with Crippen LogP contribution in [0.1, 0.15) is 51.3 Å². The average Bonchev–Trinajstić information content (AvgIpc) is 3.89. The van der Waals surface area contributed by atoms with E-state index in [0.717, 1.165) is 11.3 Å². The van der Waals surface area contributed by atoms with Crippen LogP contribution in [-0.4, -0.2) is 16.2 Å². The number of fused-ring (bicyclic) bond motifs is 7. The quantitative estimate of drug-likeness (QED) is 0.167. The molecule has 3 heterocycles. The highest BCUT2D eigenvalue weighted by Gasteiger charge is 2.40. The van der Waals surface area contributed by atoms with E-state index in [0.29, 0.717) is 6.67 Å². The van der Waals surface area contributed by atoms with E-state index in [9.17, 15) is 0 Å². The van der Waals surface area contributed by atoms with Crippen molar-refractivity contribution in [1.82, 2.24) is 9.55 Å². The molecule has 9 aromatic rings. The van der Waals surface area contributed by atoms with E-state index in [1.54, 1.807) is 0 Å². The van der Waals surface area contributed by atoms with Gasteiger partial charge >= 0.3 is 0 Å². The van der Waals surface area contributed by atoms with Crippen molar-refractivity contribution in [1.29, 1.82) is 0 Å². The van der Waals surface area contributed by atoms with Gasteiger partial charge in [0.1, 0.15) is 12.5 Å². The van der Waals surface area contributed by atoms with E-state index in [1.807, 2.05) is 18.0 Å². The summed E-state index contributed by atoms with van der Waals surface area (Å²) in [5.74, 6) is 0.946. The second kappa shape index (κ2) is 13.8. The van der Waals surface area contributed by atoms with Crippen molar-refractivity contribution >= 4 is 56.3 Å². The van der Waals surface area contributed by atoms with Crippen LogP contribution >= 0.6 is 11.8 Å². The number of para-hydroxylation sites is 3. The van der Waals surface area contributed by atoms with Gasteiger partial charge in [-0.2, -0.15) is 0 Å². The molecule has 0 N–H and O–H groups in total. The number of hydrogen-bond acceptors (Lipinski definition) is 4. The highest BCUT2D eigenvalue weighted by Crippen LogP contribution is 2.57. The Kier molecular flexibility index (Phi) is 8.37. The van der Waals surface area contributed by atoms with Gasteiger partial charge in [0.2, 0.25) is 0 Å². The molecule has 0 unspecified atom stereocenters. The number of hydrogen-bond donors (Lipinski definition) is 0. The highest BCUT2D eigenvalue weighted by atomic mass is 32.2. The molecule has 1 aliphatic carbocycles. The van der Waals surface area contributed by atoms with Gasteiger partial charge in [0.15, 0.2) is 0 Å². The average molecular weight is 795 g/mol. The fourth-order valence-corrected chi connectivity index (χ4v) is 10.6. The molecular formula is C55H46N4S. The third kappa shape index (κ3) is 5.78. The van der Waals surface area contributed by atoms with Crippen molar-refractivity contribution in [3.8, 4) is 28.1 Å². The summed E-state index contributed by atoms with van der Waals surface area (Å²) in [6.45, 7) is 12.2. The molecule has 1 aliphatic heterocycles. The van der Waals surface area contributed by atoms with Crippen molar-refractivity contribution in [3.05, 3.63) is 193 Å². The molecule has 0 saturated heterocycles. The lowest BCUT2D eigenvalue weighted by Crippen LogP contribution is -2.25. The van der Waals surface area contributed by atoms with Crippen molar-refractivity contribution in [2.75, 3.05) is 16.5 Å². The summed E-state index contributed by atoms with van der Waals surface area (Å²) in [6.07, 6.45) is 1.95. The molecule has 0 radical (unpaired) electrons. The summed E-state index contributed by atoms with van der Waals surface area (Å²) in [6, 6.07) is 62.5. The van der Waals surface area contributed by atoms with Crippen LogP contribution in [0.2, 0.25) is 0 Å². The Morgan fingerprint density at radius 3 is 2.12 bits per heavy atom. The zero-order valence-corrected chi connectivity index (χ0v) is 35.5. The van der Waals surface area contributed by atoms with Crippen LogP contribution in [0.4, 0.5) is 22.7 Å². The maximum Gasteiger partial charge on any atom is 0.137 e. The molecule has 0 amide bonds. The number of rotatable bonds is 6. The molecule has 0 spiro atoms. The molecule has 5 heteroatoms. The zero-order chi connectivity index (χ0) is 40.8. The predicted octanol–water partition coefficient (Wildman–Crippen LogP) is 14.8. The highest BCUT2D eigenvalue weighted by molar-refractivity contribution is 7.99. The standard InChI is InChI=1S/C55H46N4S/c1-54(2,3)37-30-31-56-51(32-37)59-47-23-12-10-20-42(47)43-27-26-40(34-50(43)59)60-39-19-15-18-38(33-39)57-35-58(49-25-14-13-24-48(49)57)53-41(36-16-7-6-8-17-36)28-29-46-52(53)44-21-9-11-22-45(44)55(46,4)5/h6-34H,35H2,1-5H3. The summed E-state index contributed by atoms with van der Waals surface area (Å²) < 4.78 is 2.33. The first kappa shape index (κ1) is 36.5. The molecule has 0 fully saturated rings. The van der Waals surface area contributed by atoms with E-state index < -0.39 is 0 Å². The number of anilines is 4. The van der Waals surface area contributed by atoms with E-state index in [4.69, 9.17) is 4.98 Å². The molecule has 0 bridgehead atoms. The Balaban J connectivity index is 0.994. The topological polar surface area (TPSA) is 24.3 Å². The third-order valence-electron chi connectivity index (χ3n) is 12.7. The molecule has 60 heavy (non-hydrogen) atoms. The minimum Gasteiger partial charge on any atom is -0.321 e. The van der Waals surface area contributed by atoms with Crippen LogP contribution in [0.5, 0.6) is 0 Å². The molecule has 11 rings (SSSR count). The van der Waals surface area contributed by atoms with Gasteiger partial charge in [0.25, 0.3) is 0 Å². The number of nitrogens with zero attached hydrogens (tertiary/aromatic N) is 4. The summed E-state index contributed by atoms with van der Waals surface area (Å²) in [4.78, 5) is 12.3. The molecule has 0 atom stereocenters. The van der Waals surface area contributed by atoms with E-state index in [1.165, 1.54) is 87.8 Å². The van der Waals surface area contributed by atoms with Crippen LogP contribution in [0.25, 0.3) is 49.9 Å². The molecule has 0 saturated carbocycles. The van der Waals surface area contributed by atoms with E-state index in [-0.39, 0.29) is 10.8 Å². The van der Waals surface area contributed by atoms with Gasteiger partial charge < -0.3 is 9.80 Å². The Bertz CT molecular complexity index is 3130. The van der Waals surface area contributed by atoms with Crippen LogP contribution < -0.4 is 9.80 Å². The fraction of sp³-hybridized carbons (Fsp3) is 0.145. The Labute approximate surface area is 356 Å². The summed E-state index contributed by atoms with van der Waals surface area (Å²) >= 11 is 1.81. The second-order valence-corrected chi connectivity index (χ2v) is 18.8. The minimum atomic E-state index is -0.106. The molecule has 2 aliphatic rings. The summed E-state index contributed by atoms with van der Waals surface area (Å²) in [5, 5.41) is 2.46. The molecule has 292 valence electrons. The summed E-state index contributed by atoms with van der Waals surface area (Å²) in [7, 11) is 0. The van der Waals surface area contributed by atoms with Gasteiger partial charge in [-0.3, -0.25) is 4.57 Å². The Morgan fingerprint density at radius 1 is 0.567 bits per heavy atom. The van der Waals surface area contributed by atoms with Gasteiger partial charge in [-0.25, -0.2) is 4.98 Å². The normalized spacial score (nSPS) is 14.2. The molecule has 7 aromatic carbocycles. The van der Waals surface area contributed by atoms with Crippen molar-refractivity contribution < 1.29 is 0 Å². The third-order valence-corrected chi connectivity index (χ3v) is 13.7. The molecule has 2 aromatic heterocycles. The molecule has 4 nitrogen and oxygen atoms in total. The first-order chi connectivity index (χ1) is 29.1. The van der Waals surface area contributed by atoms with Gasteiger partial charge in [-0.15, -0.1) is 0 Å². The zero-order valence-electron chi connectivity index (χ0n) is 34.6. The predicted molar refractivity (Wildman–Crippen MR) is 253 cm³/mol. The lowest BCUT2D eigenvalue weighted by Gasteiger charge is -2.28. The SMILES string of the molecule is CC(C)(C)c1ccnc(-n2c3ccccc3c3ccc(Sc4cccc(N5CN(c6c(-c7ccccc7)ccc7c6-c6ccccc6C7(C)C)c6ccccc65)c4)cc32)c1. The number of pyridine rings is 1. The maximum absolute atomic E-state index is 4.92. The van der Waals surface area contributed by atoms with Crippen LogP contribution in [-0.2, 0) is 10.8 Å². The fourth-order valence-electron chi connectivity index (χ4n) is 9.65. The minimum absolute atomic E-state index is 0.0169. The van der Waals surface area contributed by atoms with Gasteiger partial charge in [0.05, 0.1) is 28.1 Å². The van der Waals surface area contributed by atoms with E-state index >= 15 is 0 Å². The van der Waals surface area contributed by atoms with Crippen molar-refractivity contribution in [2.24, 2.45) is 0 Å². The van der Waals surface area contributed by atoms with Gasteiger partial charge in [-0.05, 0) is 93.9 Å². The van der Waals surface area contributed by atoms with Crippen molar-refractivity contribution in [3.63, 3.8) is 0 Å². The first-order valence-corrected chi connectivity index (χ1v) is 21.7. The maximum atomic E-state index is 4.92. The lowest BCUT2D eigenvalue weighted by molar-refractivity contribution is 0.588. The Hall–Kier alpha value is -6.56. The van der Waals surface area contributed by atoms with E-state index in [2.05, 4.69) is 219 Å². The van der Waals surface area contributed by atoms with Crippen molar-refractivity contribution in [2.45, 2.75) is 55.2 Å². The van der Waals surface area contributed by atoms with Crippen LogP contribution in [0.3, 0.4) is 0 Å². The second-order valence-electron chi connectivity index (χ2n) is 17.7.